The van der Waals surface area contributed by atoms with Crippen molar-refractivity contribution in [2.75, 3.05) is 24.6 Å². The van der Waals surface area contributed by atoms with E-state index in [9.17, 15) is 9.59 Å². The maximum absolute atomic E-state index is 14.0. The highest BCUT2D eigenvalue weighted by Gasteiger charge is 2.34. The number of halogens is 1. The zero-order chi connectivity index (χ0) is 28.7. The van der Waals surface area contributed by atoms with Crippen LogP contribution in [0.25, 0.3) is 28.0 Å². The van der Waals surface area contributed by atoms with Crippen molar-refractivity contribution in [3.05, 3.63) is 100 Å². The molecule has 2 bridgehead atoms. The Kier molecular flexibility index (Phi) is 7.09. The van der Waals surface area contributed by atoms with Crippen molar-refractivity contribution in [3.63, 3.8) is 0 Å². The first-order valence-electron chi connectivity index (χ1n) is 13.7. The zero-order valence-corrected chi connectivity index (χ0v) is 23.7. The molecule has 1 fully saturated rings. The van der Waals surface area contributed by atoms with E-state index in [1.165, 1.54) is 6.08 Å². The summed E-state index contributed by atoms with van der Waals surface area (Å²) in [4.78, 5) is 40.0. The van der Waals surface area contributed by atoms with E-state index in [1.807, 2.05) is 80.6 Å². The van der Waals surface area contributed by atoms with Crippen LogP contribution in [0.4, 0.5) is 5.82 Å². The lowest BCUT2D eigenvalue weighted by molar-refractivity contribution is -0.128. The minimum absolute atomic E-state index is 0.111. The van der Waals surface area contributed by atoms with Crippen LogP contribution in [0, 0.1) is 0 Å². The number of carbonyl (C=O) groups is 1. The van der Waals surface area contributed by atoms with Crippen LogP contribution in [-0.2, 0) is 11.2 Å². The number of amides is 1. The summed E-state index contributed by atoms with van der Waals surface area (Å²) in [5.41, 5.74) is 2.93. The van der Waals surface area contributed by atoms with Gasteiger partial charge in [-0.25, -0.2) is 14.3 Å². The normalized spacial score (nSPS) is 19.3. The number of nitrogens with zero attached hydrogens (tertiary/aromatic N) is 5. The number of piperazine rings is 1. The average Bonchev–Trinajstić information content (AvgIpc) is 2.98. The molecule has 41 heavy (non-hydrogen) atoms. The minimum Gasteiger partial charge on any atom is -0.489 e. The summed E-state index contributed by atoms with van der Waals surface area (Å²) in [5.74, 6) is 1.03. The van der Waals surface area contributed by atoms with Gasteiger partial charge >= 0.3 is 5.69 Å². The molecule has 4 aromatic rings. The van der Waals surface area contributed by atoms with E-state index in [1.54, 1.807) is 9.47 Å². The van der Waals surface area contributed by atoms with Gasteiger partial charge in [-0.2, -0.15) is 4.98 Å². The second-order valence-electron chi connectivity index (χ2n) is 10.4. The Morgan fingerprint density at radius 3 is 2.66 bits per heavy atom. The average molecular weight is 568 g/mol. The van der Waals surface area contributed by atoms with Crippen LogP contribution in [0.15, 0.2) is 84.2 Å². The molecule has 2 aromatic carbocycles. The molecule has 0 N–H and O–H groups in total. The Morgan fingerprint density at radius 1 is 1.05 bits per heavy atom. The fraction of sp³-hybridized carbons (Fsp3) is 0.250. The van der Waals surface area contributed by atoms with Gasteiger partial charge in [0.25, 0.3) is 0 Å². The molecule has 2 atom stereocenters. The summed E-state index contributed by atoms with van der Waals surface area (Å²) in [6, 6.07) is 17.0. The smallest absolute Gasteiger partial charge is 0.355 e. The van der Waals surface area contributed by atoms with Crippen LogP contribution in [0.5, 0.6) is 5.75 Å². The predicted molar refractivity (Wildman–Crippen MR) is 162 cm³/mol. The van der Waals surface area contributed by atoms with Crippen LogP contribution < -0.4 is 15.3 Å². The van der Waals surface area contributed by atoms with E-state index < -0.39 is 5.69 Å². The van der Waals surface area contributed by atoms with Gasteiger partial charge in [0.15, 0.2) is 5.65 Å². The van der Waals surface area contributed by atoms with Crippen LogP contribution in [0.2, 0.25) is 5.02 Å². The molecule has 1 amide bonds. The number of fused-ring (bicyclic) bond motifs is 5. The third-order valence-electron chi connectivity index (χ3n) is 7.73. The maximum Gasteiger partial charge on any atom is 0.355 e. The fourth-order valence-corrected chi connectivity index (χ4v) is 5.94. The lowest BCUT2D eigenvalue weighted by Crippen LogP contribution is -2.58. The zero-order valence-electron chi connectivity index (χ0n) is 23.0. The molecule has 2 aromatic heterocycles. The number of para-hydroxylation sites is 2. The van der Waals surface area contributed by atoms with Crippen molar-refractivity contribution in [2.24, 2.45) is 0 Å². The number of rotatable bonds is 2. The summed E-state index contributed by atoms with van der Waals surface area (Å²) >= 11 is 6.96. The molecule has 2 aliphatic rings. The summed E-state index contributed by atoms with van der Waals surface area (Å²) in [7, 11) is 0. The number of pyridine rings is 1. The Balaban J connectivity index is 1.63. The van der Waals surface area contributed by atoms with Crippen molar-refractivity contribution in [1.29, 1.82) is 0 Å². The van der Waals surface area contributed by atoms with Crippen molar-refractivity contribution in [3.8, 4) is 22.7 Å². The third-order valence-corrected chi connectivity index (χ3v) is 8.02. The Labute approximate surface area is 243 Å². The molecular weight excluding hydrogens is 538 g/mol. The van der Waals surface area contributed by atoms with Gasteiger partial charge in [0, 0.05) is 30.7 Å². The molecule has 0 radical (unpaired) electrons. The fourth-order valence-electron chi connectivity index (χ4n) is 5.68. The third kappa shape index (κ3) is 4.78. The molecule has 6 rings (SSSR count). The molecule has 1 saturated heterocycles. The first kappa shape index (κ1) is 26.8. The number of allylic oxidation sites excluding steroid dienone is 1. The van der Waals surface area contributed by atoms with Crippen molar-refractivity contribution in [1.82, 2.24) is 19.4 Å². The highest BCUT2D eigenvalue weighted by molar-refractivity contribution is 6.34. The van der Waals surface area contributed by atoms with Gasteiger partial charge in [-0.15, -0.1) is 0 Å². The standard InChI is InChI=1S/C32H30ClN5O3/c1-4-28(39)36-18-21(3)37(19-20(36)2)30-24-17-25(33)29-23-13-6-8-15-27(23)41-16-10-9-12-22-11-5-7-14-26(22)38(31(24)34-29)32(40)35-30/h4-11,13-15,17,20-21H,1,12,16,18-19H2,2-3H3/b10-9-. The van der Waals surface area contributed by atoms with Gasteiger partial charge in [0.2, 0.25) is 5.91 Å². The van der Waals surface area contributed by atoms with E-state index in [2.05, 4.69) is 16.5 Å². The molecule has 9 heteroatoms. The SMILES string of the molecule is C=CC(=O)N1CC(C)N(c2nc(=O)n3c4nc(c(Cl)cc24)-c2ccccc2OC/C=C\Cc2ccccc2-3)CC1C. The number of hydrogen-bond donors (Lipinski definition) is 0. The van der Waals surface area contributed by atoms with E-state index in [-0.39, 0.29) is 18.0 Å². The Bertz CT molecular complexity index is 1760. The molecular formula is C32H30ClN5O3. The second-order valence-corrected chi connectivity index (χ2v) is 10.8. The molecule has 0 saturated carbocycles. The summed E-state index contributed by atoms with van der Waals surface area (Å²) < 4.78 is 7.68. The lowest BCUT2D eigenvalue weighted by Gasteiger charge is -2.44. The molecule has 4 heterocycles. The first-order chi connectivity index (χ1) is 19.9. The Morgan fingerprint density at radius 2 is 1.83 bits per heavy atom. The molecule has 0 spiro atoms. The summed E-state index contributed by atoms with van der Waals surface area (Å²) in [6.45, 7) is 8.99. The molecule has 208 valence electrons. The molecule has 0 aliphatic carbocycles. The van der Waals surface area contributed by atoms with E-state index in [0.29, 0.717) is 65.1 Å². The van der Waals surface area contributed by atoms with Crippen LogP contribution in [-0.4, -0.2) is 57.1 Å². The largest absolute Gasteiger partial charge is 0.489 e. The quantitative estimate of drug-likeness (QED) is 0.244. The summed E-state index contributed by atoms with van der Waals surface area (Å²) in [5, 5.41) is 1.07. The van der Waals surface area contributed by atoms with Crippen molar-refractivity contribution in [2.45, 2.75) is 32.4 Å². The van der Waals surface area contributed by atoms with Gasteiger partial charge < -0.3 is 14.5 Å². The molecule has 8 nitrogen and oxygen atoms in total. The number of benzene rings is 2. The summed E-state index contributed by atoms with van der Waals surface area (Å²) in [6.07, 6.45) is 5.94. The highest BCUT2D eigenvalue weighted by atomic mass is 35.5. The molecule has 2 aliphatic heterocycles. The molecule has 2 unspecified atom stereocenters. The van der Waals surface area contributed by atoms with Gasteiger partial charge in [0.1, 0.15) is 18.2 Å². The van der Waals surface area contributed by atoms with E-state index >= 15 is 0 Å². The second kappa shape index (κ2) is 10.9. The van der Waals surface area contributed by atoms with Crippen molar-refractivity contribution < 1.29 is 9.53 Å². The number of aromatic nitrogens is 3. The number of hydrogen-bond acceptors (Lipinski definition) is 6. The van der Waals surface area contributed by atoms with Crippen LogP contribution in [0.1, 0.15) is 19.4 Å². The number of anilines is 1. The first-order valence-corrected chi connectivity index (χ1v) is 14.0. The van der Waals surface area contributed by atoms with Crippen molar-refractivity contribution >= 4 is 34.4 Å². The maximum atomic E-state index is 14.0. The van der Waals surface area contributed by atoms with Crippen LogP contribution >= 0.6 is 11.6 Å². The van der Waals surface area contributed by atoms with E-state index in [0.717, 1.165) is 11.1 Å². The monoisotopic (exact) mass is 567 g/mol. The van der Waals surface area contributed by atoms with Gasteiger partial charge in [0.05, 0.1) is 21.8 Å². The number of ether oxygens (including phenoxy) is 1. The van der Waals surface area contributed by atoms with Crippen LogP contribution in [0.3, 0.4) is 0 Å². The topological polar surface area (TPSA) is 80.6 Å². The highest BCUT2D eigenvalue weighted by Crippen LogP contribution is 2.38. The predicted octanol–water partition coefficient (Wildman–Crippen LogP) is 5.20. The van der Waals surface area contributed by atoms with E-state index in [4.69, 9.17) is 21.3 Å². The minimum atomic E-state index is -0.437. The van der Waals surface area contributed by atoms with Gasteiger partial charge in [-0.1, -0.05) is 60.7 Å². The Hall–Kier alpha value is -4.43. The lowest BCUT2D eigenvalue weighted by atomic mass is 10.1. The van der Waals surface area contributed by atoms with Gasteiger partial charge in [-0.05, 0) is 56.2 Å². The number of carbonyl (C=O) groups excluding carboxylic acids is 1. The van der Waals surface area contributed by atoms with Gasteiger partial charge in [-0.3, -0.25) is 4.79 Å².